The molecule has 6 nitrogen and oxygen atoms in total. The molecule has 2 atom stereocenters. The molecule has 0 spiro atoms. The maximum absolute atomic E-state index is 11.3. The van der Waals surface area contributed by atoms with E-state index in [1.807, 2.05) is 6.07 Å². The molecule has 0 saturated carbocycles. The van der Waals surface area contributed by atoms with E-state index in [2.05, 4.69) is 4.74 Å². The number of rotatable bonds is 5. The Hall–Kier alpha value is -1.92. The van der Waals surface area contributed by atoms with Crippen LogP contribution in [0.1, 0.15) is 12.5 Å². The average molecular weight is 268 g/mol. The van der Waals surface area contributed by atoms with Gasteiger partial charge in [-0.15, -0.1) is 0 Å². The number of carbonyl (C=O) groups is 2. The zero-order valence-corrected chi connectivity index (χ0v) is 10.5. The summed E-state index contributed by atoms with van der Waals surface area (Å²) in [6, 6.07) is 8.87. The predicted molar refractivity (Wildman–Crippen MR) is 64.9 cm³/mol. The van der Waals surface area contributed by atoms with Crippen molar-refractivity contribution in [1.82, 2.24) is 0 Å². The third-order valence-electron chi connectivity index (χ3n) is 2.40. The molecule has 19 heavy (non-hydrogen) atoms. The van der Waals surface area contributed by atoms with Gasteiger partial charge in [0.15, 0.2) is 0 Å². The van der Waals surface area contributed by atoms with E-state index in [4.69, 9.17) is 9.84 Å². The van der Waals surface area contributed by atoms with Gasteiger partial charge in [0.2, 0.25) is 0 Å². The Morgan fingerprint density at radius 3 is 2.42 bits per heavy atom. The number of benzene rings is 1. The van der Waals surface area contributed by atoms with Gasteiger partial charge in [-0.3, -0.25) is 0 Å². The molecule has 0 amide bonds. The number of aliphatic hydroxyl groups is 2. The van der Waals surface area contributed by atoms with E-state index < -0.39 is 30.8 Å². The minimum absolute atomic E-state index is 0.0360. The minimum atomic E-state index is -1.23. The van der Waals surface area contributed by atoms with Crippen LogP contribution in [0.4, 0.5) is 0 Å². The van der Waals surface area contributed by atoms with Gasteiger partial charge in [0.1, 0.15) is 18.8 Å². The maximum Gasteiger partial charge on any atom is 0.417 e. The number of carbonyl (C=O) groups excluding carboxylic acids is 2. The van der Waals surface area contributed by atoms with Crippen LogP contribution in [0.25, 0.3) is 0 Å². The Labute approximate surface area is 110 Å². The van der Waals surface area contributed by atoms with E-state index in [9.17, 15) is 14.7 Å². The first-order valence-corrected chi connectivity index (χ1v) is 5.75. The molecule has 0 aliphatic rings. The Kier molecular flexibility index (Phi) is 5.98. The molecular weight excluding hydrogens is 252 g/mol. The number of aliphatic hydroxyl groups excluding tert-OH is 2. The van der Waals surface area contributed by atoms with E-state index in [0.29, 0.717) is 0 Å². The molecule has 0 aromatic heterocycles. The molecule has 0 bridgehead atoms. The fourth-order valence-electron chi connectivity index (χ4n) is 1.23. The highest BCUT2D eigenvalue weighted by Crippen LogP contribution is 2.03. The third-order valence-corrected chi connectivity index (χ3v) is 2.40. The molecule has 0 saturated heterocycles. The quantitative estimate of drug-likeness (QED) is 0.577. The zero-order valence-electron chi connectivity index (χ0n) is 10.5. The average Bonchev–Trinajstić information content (AvgIpc) is 2.44. The normalized spacial score (nSPS) is 13.4. The van der Waals surface area contributed by atoms with Crippen LogP contribution < -0.4 is 0 Å². The van der Waals surface area contributed by atoms with Crippen molar-refractivity contribution < 1.29 is 29.3 Å². The second-order valence-corrected chi connectivity index (χ2v) is 3.92. The van der Waals surface area contributed by atoms with Crippen LogP contribution in [0.3, 0.4) is 0 Å². The van der Waals surface area contributed by atoms with E-state index in [-0.39, 0.29) is 6.61 Å². The molecule has 2 N–H and O–H groups in total. The topological polar surface area (TPSA) is 93.1 Å². The fourth-order valence-corrected chi connectivity index (χ4v) is 1.23. The first-order chi connectivity index (χ1) is 9.04. The van der Waals surface area contributed by atoms with Crippen LogP contribution in [0.5, 0.6) is 0 Å². The number of esters is 2. The largest absolute Gasteiger partial charge is 0.452 e. The molecule has 6 heteroatoms. The first kappa shape index (κ1) is 15.1. The second-order valence-electron chi connectivity index (χ2n) is 3.92. The number of hydrogen-bond acceptors (Lipinski definition) is 6. The molecule has 1 rings (SSSR count). The predicted octanol–water partition coefficient (Wildman–Crippen LogP) is 0.0147. The van der Waals surface area contributed by atoms with Gasteiger partial charge < -0.3 is 19.7 Å². The Morgan fingerprint density at radius 2 is 1.84 bits per heavy atom. The zero-order chi connectivity index (χ0) is 14.3. The van der Waals surface area contributed by atoms with Crippen molar-refractivity contribution in [1.29, 1.82) is 0 Å². The molecule has 0 heterocycles. The van der Waals surface area contributed by atoms with Gasteiger partial charge in [-0.2, -0.15) is 0 Å². The lowest BCUT2D eigenvalue weighted by Crippen LogP contribution is -2.34. The van der Waals surface area contributed by atoms with Gasteiger partial charge in [-0.05, 0) is 12.5 Å². The molecule has 1 aromatic rings. The molecule has 0 radical (unpaired) electrons. The van der Waals surface area contributed by atoms with E-state index in [1.54, 1.807) is 24.3 Å². The van der Waals surface area contributed by atoms with Crippen LogP contribution in [0.2, 0.25) is 0 Å². The number of hydrogen-bond donors (Lipinski definition) is 2. The summed E-state index contributed by atoms with van der Waals surface area (Å²) in [5, 5.41) is 17.8. The van der Waals surface area contributed by atoms with Gasteiger partial charge in [0, 0.05) is 0 Å². The highest BCUT2D eigenvalue weighted by Gasteiger charge is 2.24. The maximum atomic E-state index is 11.3. The summed E-state index contributed by atoms with van der Waals surface area (Å²) >= 11 is 0. The second kappa shape index (κ2) is 7.50. The van der Waals surface area contributed by atoms with Crippen molar-refractivity contribution in [2.45, 2.75) is 25.7 Å². The van der Waals surface area contributed by atoms with Crippen molar-refractivity contribution in [3.63, 3.8) is 0 Å². The smallest absolute Gasteiger partial charge is 0.417 e. The molecule has 0 unspecified atom stereocenters. The van der Waals surface area contributed by atoms with Crippen LogP contribution in [0.15, 0.2) is 30.3 Å². The first-order valence-electron chi connectivity index (χ1n) is 5.75. The molecule has 0 fully saturated rings. The minimum Gasteiger partial charge on any atom is -0.452 e. The van der Waals surface area contributed by atoms with Gasteiger partial charge >= 0.3 is 11.9 Å². The SMILES string of the molecule is C[C@@H](OC(=O)C(=O)OCc1ccccc1)[C@@H](O)CO. The fraction of sp³-hybridized carbons (Fsp3) is 0.385. The Balaban J connectivity index is 2.39. The Bertz CT molecular complexity index is 416. The summed E-state index contributed by atoms with van der Waals surface area (Å²) in [6.45, 7) is 0.766. The number of ether oxygens (including phenoxy) is 2. The van der Waals surface area contributed by atoms with Crippen molar-refractivity contribution in [2.24, 2.45) is 0 Å². The van der Waals surface area contributed by atoms with Crippen LogP contribution >= 0.6 is 0 Å². The van der Waals surface area contributed by atoms with E-state index in [0.717, 1.165) is 5.56 Å². The summed E-state index contributed by atoms with van der Waals surface area (Å²) < 4.78 is 9.38. The molecule has 0 aliphatic carbocycles. The van der Waals surface area contributed by atoms with E-state index in [1.165, 1.54) is 6.92 Å². The lowest BCUT2D eigenvalue weighted by atomic mass is 10.2. The van der Waals surface area contributed by atoms with Crippen LogP contribution in [0, 0.1) is 0 Å². The Morgan fingerprint density at radius 1 is 1.21 bits per heavy atom. The van der Waals surface area contributed by atoms with Gasteiger partial charge in [0.05, 0.1) is 6.61 Å². The standard InChI is InChI=1S/C13H16O6/c1-9(11(15)7-14)19-13(17)12(16)18-8-10-5-3-2-4-6-10/h2-6,9,11,14-15H,7-8H2,1H3/t9-,11+/m1/s1. The van der Waals surface area contributed by atoms with Crippen LogP contribution in [-0.2, 0) is 25.7 Å². The molecule has 1 aromatic carbocycles. The summed E-state index contributed by atoms with van der Waals surface area (Å²) in [5.41, 5.74) is 0.743. The summed E-state index contributed by atoms with van der Waals surface area (Å²) in [5.74, 6) is -2.34. The highest BCUT2D eigenvalue weighted by molar-refractivity contribution is 6.29. The lowest BCUT2D eigenvalue weighted by molar-refractivity contribution is -0.175. The van der Waals surface area contributed by atoms with Gasteiger partial charge in [0.25, 0.3) is 0 Å². The lowest BCUT2D eigenvalue weighted by Gasteiger charge is -2.16. The summed E-state index contributed by atoms with van der Waals surface area (Å²) in [6.07, 6.45) is -2.22. The van der Waals surface area contributed by atoms with Gasteiger partial charge in [-0.1, -0.05) is 30.3 Å². The van der Waals surface area contributed by atoms with Crippen molar-refractivity contribution in [2.75, 3.05) is 6.61 Å². The van der Waals surface area contributed by atoms with Crippen LogP contribution in [-0.4, -0.2) is 41.0 Å². The summed E-state index contributed by atoms with van der Waals surface area (Å²) in [4.78, 5) is 22.6. The van der Waals surface area contributed by atoms with Crippen molar-refractivity contribution in [3.8, 4) is 0 Å². The molecular formula is C13H16O6. The van der Waals surface area contributed by atoms with Crippen molar-refractivity contribution >= 4 is 11.9 Å². The highest BCUT2D eigenvalue weighted by atomic mass is 16.6. The van der Waals surface area contributed by atoms with E-state index >= 15 is 0 Å². The molecule has 0 aliphatic heterocycles. The monoisotopic (exact) mass is 268 g/mol. The van der Waals surface area contributed by atoms with Crippen molar-refractivity contribution in [3.05, 3.63) is 35.9 Å². The summed E-state index contributed by atoms with van der Waals surface area (Å²) in [7, 11) is 0. The third kappa shape index (κ3) is 5.07. The van der Waals surface area contributed by atoms with Gasteiger partial charge in [-0.25, -0.2) is 9.59 Å². The molecule has 104 valence electrons.